The molecule has 3 atom stereocenters. The van der Waals surface area contributed by atoms with Crippen LogP contribution in [0, 0.1) is 12.8 Å². The van der Waals surface area contributed by atoms with Crippen molar-refractivity contribution in [1.82, 2.24) is 15.0 Å². The van der Waals surface area contributed by atoms with Crippen LogP contribution in [-0.4, -0.2) is 39.3 Å². The zero-order valence-electron chi connectivity index (χ0n) is 11.3. The number of rotatable bonds is 3. The minimum atomic E-state index is -0.281. The van der Waals surface area contributed by atoms with Gasteiger partial charge in [-0.05, 0) is 38.5 Å². The van der Waals surface area contributed by atoms with Gasteiger partial charge in [0.2, 0.25) is 5.89 Å². The number of hydrogen-bond acceptors (Lipinski definition) is 5. The molecule has 5 heteroatoms. The van der Waals surface area contributed by atoms with Gasteiger partial charge in [-0.3, -0.25) is 4.90 Å². The molecule has 0 saturated carbocycles. The summed E-state index contributed by atoms with van der Waals surface area (Å²) in [7, 11) is 0. The third kappa shape index (κ3) is 2.87. The zero-order valence-corrected chi connectivity index (χ0v) is 11.3. The van der Waals surface area contributed by atoms with Crippen LogP contribution in [0.4, 0.5) is 0 Å². The highest BCUT2D eigenvalue weighted by Gasteiger charge is 2.36. The summed E-state index contributed by atoms with van der Waals surface area (Å²) in [5.41, 5.74) is 0. The summed E-state index contributed by atoms with van der Waals surface area (Å²) in [5.74, 6) is 2.00. The first-order valence-electron chi connectivity index (χ1n) is 7.09. The molecule has 3 rings (SSSR count). The molecule has 0 spiro atoms. The molecule has 0 bridgehead atoms. The predicted octanol–water partition coefficient (Wildman–Crippen LogP) is 1.84. The number of nitrogens with zero attached hydrogens (tertiary/aromatic N) is 3. The SMILES string of the molecule is Cc1noc([C@H]2C[C@@H](O)CN2C[C@@H]2CC=CCC2)n1. The molecule has 0 radical (unpaired) electrons. The van der Waals surface area contributed by atoms with E-state index in [2.05, 4.69) is 27.2 Å². The Hall–Kier alpha value is -1.20. The van der Waals surface area contributed by atoms with Crippen LogP contribution in [0.15, 0.2) is 16.7 Å². The van der Waals surface area contributed by atoms with Gasteiger partial charge in [-0.1, -0.05) is 17.3 Å². The van der Waals surface area contributed by atoms with Crippen molar-refractivity contribution in [3.8, 4) is 0 Å². The average Bonchev–Trinajstić information content (AvgIpc) is 2.97. The summed E-state index contributed by atoms with van der Waals surface area (Å²) in [6.45, 7) is 3.55. The standard InChI is InChI=1S/C14H21N3O2/c1-10-15-14(19-16-10)13-7-12(18)9-17(13)8-11-5-3-2-4-6-11/h2-3,11-13,18H,4-9H2,1H3/t11-,12-,13-/m1/s1. The molecule has 1 saturated heterocycles. The molecule has 1 N–H and O–H groups in total. The van der Waals surface area contributed by atoms with E-state index in [1.807, 2.05) is 6.92 Å². The van der Waals surface area contributed by atoms with Crippen LogP contribution in [0.1, 0.15) is 43.4 Å². The van der Waals surface area contributed by atoms with Crippen LogP contribution in [0.25, 0.3) is 0 Å². The lowest BCUT2D eigenvalue weighted by molar-refractivity contribution is 0.156. The summed E-state index contributed by atoms with van der Waals surface area (Å²) < 4.78 is 5.29. The highest BCUT2D eigenvalue weighted by atomic mass is 16.5. The van der Waals surface area contributed by atoms with Gasteiger partial charge in [0.05, 0.1) is 12.1 Å². The molecular formula is C14H21N3O2. The number of β-amino-alcohol motifs (C(OH)–C–C–N with tert-alkyl or cyclic N) is 1. The number of aryl methyl sites for hydroxylation is 1. The van der Waals surface area contributed by atoms with Gasteiger partial charge in [0, 0.05) is 13.1 Å². The number of hydrogen-bond donors (Lipinski definition) is 1. The van der Waals surface area contributed by atoms with E-state index in [9.17, 15) is 5.11 Å². The van der Waals surface area contributed by atoms with Gasteiger partial charge in [0.15, 0.2) is 5.82 Å². The van der Waals surface area contributed by atoms with Crippen molar-refractivity contribution in [3.05, 3.63) is 23.9 Å². The van der Waals surface area contributed by atoms with E-state index < -0.39 is 0 Å². The molecule has 19 heavy (non-hydrogen) atoms. The van der Waals surface area contributed by atoms with Crippen molar-refractivity contribution in [2.45, 2.75) is 44.8 Å². The third-order valence-electron chi connectivity index (χ3n) is 4.08. The molecular weight excluding hydrogens is 242 g/mol. The monoisotopic (exact) mass is 263 g/mol. The molecule has 5 nitrogen and oxygen atoms in total. The first kappa shape index (κ1) is 12.8. The normalized spacial score (nSPS) is 32.0. The van der Waals surface area contributed by atoms with Gasteiger partial charge in [-0.15, -0.1) is 0 Å². The molecule has 1 aliphatic heterocycles. The molecule has 2 aliphatic rings. The second-order valence-electron chi connectivity index (χ2n) is 5.69. The Labute approximate surface area is 113 Å². The molecule has 2 heterocycles. The Bertz CT molecular complexity index is 457. The summed E-state index contributed by atoms with van der Waals surface area (Å²) in [6, 6.07) is 0.0853. The van der Waals surface area contributed by atoms with Crippen molar-refractivity contribution in [1.29, 1.82) is 0 Å². The largest absolute Gasteiger partial charge is 0.392 e. The highest BCUT2D eigenvalue weighted by molar-refractivity contribution is 5.00. The van der Waals surface area contributed by atoms with Crippen molar-refractivity contribution < 1.29 is 9.63 Å². The van der Waals surface area contributed by atoms with Gasteiger partial charge >= 0.3 is 0 Å². The predicted molar refractivity (Wildman–Crippen MR) is 70.5 cm³/mol. The van der Waals surface area contributed by atoms with Crippen molar-refractivity contribution >= 4 is 0 Å². The maximum absolute atomic E-state index is 9.92. The second kappa shape index (κ2) is 5.43. The lowest BCUT2D eigenvalue weighted by Gasteiger charge is -2.27. The molecule has 1 aliphatic carbocycles. The Kier molecular flexibility index (Phi) is 3.66. The average molecular weight is 263 g/mol. The Morgan fingerprint density at radius 2 is 2.37 bits per heavy atom. The van der Waals surface area contributed by atoms with Gasteiger partial charge in [-0.2, -0.15) is 4.98 Å². The fourth-order valence-electron chi connectivity index (χ4n) is 3.14. The second-order valence-corrected chi connectivity index (χ2v) is 5.69. The van der Waals surface area contributed by atoms with Gasteiger partial charge in [0.25, 0.3) is 0 Å². The van der Waals surface area contributed by atoms with E-state index in [0.717, 1.165) is 13.0 Å². The van der Waals surface area contributed by atoms with Crippen LogP contribution in [0.5, 0.6) is 0 Å². The number of aromatic nitrogens is 2. The number of likely N-dealkylation sites (tertiary alicyclic amines) is 1. The smallest absolute Gasteiger partial charge is 0.244 e. The van der Waals surface area contributed by atoms with E-state index in [1.54, 1.807) is 0 Å². The van der Waals surface area contributed by atoms with E-state index in [1.165, 1.54) is 12.8 Å². The first-order chi connectivity index (χ1) is 9.22. The Morgan fingerprint density at radius 3 is 3.05 bits per heavy atom. The maximum atomic E-state index is 9.92. The summed E-state index contributed by atoms with van der Waals surface area (Å²) in [6.07, 6.45) is 8.49. The number of aliphatic hydroxyl groups is 1. The van der Waals surface area contributed by atoms with Crippen LogP contribution in [0.2, 0.25) is 0 Å². The third-order valence-corrected chi connectivity index (χ3v) is 4.08. The van der Waals surface area contributed by atoms with Crippen molar-refractivity contribution in [3.63, 3.8) is 0 Å². The van der Waals surface area contributed by atoms with E-state index >= 15 is 0 Å². The summed E-state index contributed by atoms with van der Waals surface area (Å²) in [5, 5.41) is 13.8. The molecule has 1 aromatic rings. The fourth-order valence-corrected chi connectivity index (χ4v) is 3.14. The summed E-state index contributed by atoms with van der Waals surface area (Å²) >= 11 is 0. The lowest BCUT2D eigenvalue weighted by Crippen LogP contribution is -2.31. The van der Waals surface area contributed by atoms with Crippen molar-refractivity contribution in [2.75, 3.05) is 13.1 Å². The minimum absolute atomic E-state index is 0.0853. The van der Waals surface area contributed by atoms with Crippen LogP contribution in [-0.2, 0) is 0 Å². The van der Waals surface area contributed by atoms with Crippen LogP contribution in [0.3, 0.4) is 0 Å². The highest BCUT2D eigenvalue weighted by Crippen LogP contribution is 2.33. The molecule has 0 aromatic carbocycles. The van der Waals surface area contributed by atoms with Crippen LogP contribution >= 0.6 is 0 Å². The van der Waals surface area contributed by atoms with E-state index in [0.29, 0.717) is 30.6 Å². The first-order valence-corrected chi connectivity index (χ1v) is 7.09. The van der Waals surface area contributed by atoms with Gasteiger partial charge < -0.3 is 9.63 Å². The lowest BCUT2D eigenvalue weighted by atomic mass is 9.94. The van der Waals surface area contributed by atoms with Crippen molar-refractivity contribution in [2.24, 2.45) is 5.92 Å². The Balaban J connectivity index is 1.69. The number of allylic oxidation sites excluding steroid dienone is 2. The van der Waals surface area contributed by atoms with Gasteiger partial charge in [0.1, 0.15) is 0 Å². The molecule has 1 fully saturated rings. The fraction of sp³-hybridized carbons (Fsp3) is 0.714. The molecule has 104 valence electrons. The molecule has 0 amide bonds. The Morgan fingerprint density at radius 1 is 1.47 bits per heavy atom. The quantitative estimate of drug-likeness (QED) is 0.843. The van der Waals surface area contributed by atoms with E-state index in [-0.39, 0.29) is 12.1 Å². The minimum Gasteiger partial charge on any atom is -0.392 e. The summed E-state index contributed by atoms with van der Waals surface area (Å²) in [4.78, 5) is 6.63. The topological polar surface area (TPSA) is 62.4 Å². The molecule has 1 aromatic heterocycles. The molecule has 0 unspecified atom stereocenters. The maximum Gasteiger partial charge on any atom is 0.244 e. The number of aliphatic hydroxyl groups excluding tert-OH is 1. The van der Waals surface area contributed by atoms with Crippen LogP contribution < -0.4 is 0 Å². The van der Waals surface area contributed by atoms with Gasteiger partial charge in [-0.25, -0.2) is 0 Å². The zero-order chi connectivity index (χ0) is 13.2. The van der Waals surface area contributed by atoms with E-state index in [4.69, 9.17) is 4.52 Å².